The zero-order chi connectivity index (χ0) is 13.9. The van der Waals surface area contributed by atoms with Crippen LogP contribution in [0.1, 0.15) is 20.8 Å². The van der Waals surface area contributed by atoms with Gasteiger partial charge in [-0.3, -0.25) is 10.1 Å². The summed E-state index contributed by atoms with van der Waals surface area (Å²) in [6.07, 6.45) is 0. The molecule has 0 saturated carbocycles. The van der Waals surface area contributed by atoms with Crippen LogP contribution in [0.3, 0.4) is 0 Å². The predicted molar refractivity (Wildman–Crippen MR) is 64.0 cm³/mol. The van der Waals surface area contributed by atoms with Gasteiger partial charge in [0, 0.05) is 12.1 Å². The smallest absolute Gasteiger partial charge is 0.305 e. The molecule has 0 heterocycles. The van der Waals surface area contributed by atoms with E-state index in [1.807, 2.05) is 13.8 Å². The fraction of sp³-hybridized carbons (Fsp3) is 0.500. The molecular formula is C12H16FNO4. The number of nitro benzene ring substituents is 1. The lowest BCUT2D eigenvalue weighted by Crippen LogP contribution is -2.37. The Morgan fingerprint density at radius 1 is 1.56 bits per heavy atom. The Morgan fingerprint density at radius 2 is 2.17 bits per heavy atom. The van der Waals surface area contributed by atoms with Gasteiger partial charge in [0.15, 0.2) is 0 Å². The van der Waals surface area contributed by atoms with Crippen LogP contribution in [0.15, 0.2) is 18.2 Å². The van der Waals surface area contributed by atoms with Gasteiger partial charge in [-0.2, -0.15) is 4.39 Å². The van der Waals surface area contributed by atoms with Gasteiger partial charge >= 0.3 is 5.69 Å². The first-order chi connectivity index (χ1) is 8.24. The number of hydrogen-bond acceptors (Lipinski definition) is 4. The molecule has 5 nitrogen and oxygen atoms in total. The van der Waals surface area contributed by atoms with Gasteiger partial charge in [0.05, 0.1) is 10.5 Å². The van der Waals surface area contributed by atoms with Crippen LogP contribution in [-0.4, -0.2) is 22.2 Å². The van der Waals surface area contributed by atoms with Crippen LogP contribution in [-0.2, 0) is 0 Å². The van der Waals surface area contributed by atoms with Gasteiger partial charge in [-0.05, 0) is 18.9 Å². The van der Waals surface area contributed by atoms with Crippen LogP contribution in [0.25, 0.3) is 0 Å². The van der Waals surface area contributed by atoms with Crippen LogP contribution in [0.2, 0.25) is 0 Å². The minimum absolute atomic E-state index is 0.0120. The van der Waals surface area contributed by atoms with E-state index < -0.39 is 22.0 Å². The molecule has 1 rings (SSSR count). The van der Waals surface area contributed by atoms with Crippen LogP contribution < -0.4 is 4.74 Å². The first-order valence-corrected chi connectivity index (χ1v) is 5.53. The molecule has 0 aliphatic rings. The lowest BCUT2D eigenvalue weighted by Gasteiger charge is -2.27. The third-order valence-electron chi connectivity index (χ3n) is 2.89. The second-order valence-corrected chi connectivity index (χ2v) is 4.67. The number of hydrogen-bond donors (Lipinski definition) is 1. The Kier molecular flexibility index (Phi) is 4.24. The van der Waals surface area contributed by atoms with Crippen LogP contribution in [0.5, 0.6) is 5.75 Å². The Bertz CT molecular complexity index is 446. The maximum absolute atomic E-state index is 13.3. The van der Waals surface area contributed by atoms with Gasteiger partial charge in [-0.25, -0.2) is 0 Å². The van der Waals surface area contributed by atoms with E-state index >= 15 is 0 Å². The van der Waals surface area contributed by atoms with Crippen molar-refractivity contribution in [2.45, 2.75) is 26.4 Å². The van der Waals surface area contributed by atoms with Crippen molar-refractivity contribution in [3.05, 3.63) is 34.1 Å². The van der Waals surface area contributed by atoms with Gasteiger partial charge < -0.3 is 9.84 Å². The van der Waals surface area contributed by atoms with E-state index in [0.717, 1.165) is 12.1 Å². The predicted octanol–water partition coefficient (Wildman–Crippen LogP) is 2.52. The van der Waals surface area contributed by atoms with E-state index in [-0.39, 0.29) is 18.3 Å². The van der Waals surface area contributed by atoms with Gasteiger partial charge in [0.25, 0.3) is 0 Å². The summed E-state index contributed by atoms with van der Waals surface area (Å²) < 4.78 is 18.5. The van der Waals surface area contributed by atoms with Gasteiger partial charge in [0.1, 0.15) is 12.4 Å². The monoisotopic (exact) mass is 257 g/mol. The highest BCUT2D eigenvalue weighted by molar-refractivity contribution is 5.37. The second kappa shape index (κ2) is 5.30. The molecule has 1 aromatic carbocycles. The van der Waals surface area contributed by atoms with Crippen molar-refractivity contribution in [2.75, 3.05) is 6.61 Å². The summed E-state index contributed by atoms with van der Waals surface area (Å²) in [5.41, 5.74) is -1.64. The van der Waals surface area contributed by atoms with E-state index in [0.29, 0.717) is 0 Å². The fourth-order valence-electron chi connectivity index (χ4n) is 1.12. The maximum atomic E-state index is 13.3. The van der Waals surface area contributed by atoms with Crippen molar-refractivity contribution >= 4 is 5.69 Å². The summed E-state index contributed by atoms with van der Waals surface area (Å²) in [4.78, 5) is 9.62. The summed E-state index contributed by atoms with van der Waals surface area (Å²) in [6, 6.07) is 3.28. The largest absolute Gasteiger partial charge is 0.490 e. The lowest BCUT2D eigenvalue weighted by molar-refractivity contribution is -0.387. The Balaban J connectivity index is 2.76. The van der Waals surface area contributed by atoms with Crippen molar-refractivity contribution in [2.24, 2.45) is 5.92 Å². The molecule has 1 unspecified atom stereocenters. The van der Waals surface area contributed by atoms with Gasteiger partial charge in [-0.1, -0.05) is 13.8 Å². The van der Waals surface area contributed by atoms with E-state index in [1.54, 1.807) is 6.92 Å². The minimum Gasteiger partial charge on any atom is -0.490 e. The fourth-order valence-corrected chi connectivity index (χ4v) is 1.12. The number of nitro groups is 1. The van der Waals surface area contributed by atoms with Gasteiger partial charge in [0.2, 0.25) is 5.82 Å². The highest BCUT2D eigenvalue weighted by Gasteiger charge is 2.26. The van der Waals surface area contributed by atoms with Crippen molar-refractivity contribution in [3.8, 4) is 5.75 Å². The molecule has 1 N–H and O–H groups in total. The summed E-state index contributed by atoms with van der Waals surface area (Å²) in [5.74, 6) is -0.832. The van der Waals surface area contributed by atoms with E-state index in [2.05, 4.69) is 0 Å². The highest BCUT2D eigenvalue weighted by atomic mass is 19.1. The molecule has 100 valence electrons. The molecule has 0 bridgehead atoms. The number of ether oxygens (including phenoxy) is 1. The molecule has 0 aliphatic heterocycles. The third kappa shape index (κ3) is 3.40. The number of nitrogens with zero attached hydrogens (tertiary/aromatic N) is 1. The number of rotatable bonds is 5. The number of halogens is 1. The van der Waals surface area contributed by atoms with Crippen molar-refractivity contribution < 1.29 is 19.2 Å². The molecule has 1 aromatic rings. The topological polar surface area (TPSA) is 72.6 Å². The number of aliphatic hydroxyl groups is 1. The molecule has 0 fully saturated rings. The standard InChI is InChI=1S/C12H16FNO4/c1-8(2)12(3,15)7-18-9-4-5-11(14(16)17)10(13)6-9/h4-6,8,15H,7H2,1-3H3. The third-order valence-corrected chi connectivity index (χ3v) is 2.89. The van der Waals surface area contributed by atoms with Gasteiger partial charge in [-0.15, -0.1) is 0 Å². The highest BCUT2D eigenvalue weighted by Crippen LogP contribution is 2.24. The first kappa shape index (κ1) is 14.4. The molecule has 0 amide bonds. The Hall–Kier alpha value is -1.69. The average molecular weight is 257 g/mol. The SMILES string of the molecule is CC(C)C(C)(O)COc1ccc([N+](=O)[O-])c(F)c1. The Morgan fingerprint density at radius 3 is 2.61 bits per heavy atom. The zero-order valence-electron chi connectivity index (χ0n) is 10.5. The Labute approximate surface area is 104 Å². The molecule has 0 radical (unpaired) electrons. The average Bonchev–Trinajstić information content (AvgIpc) is 2.25. The van der Waals surface area contributed by atoms with Crippen LogP contribution in [0.4, 0.5) is 10.1 Å². The quantitative estimate of drug-likeness (QED) is 0.649. The zero-order valence-corrected chi connectivity index (χ0v) is 10.5. The number of benzene rings is 1. The molecule has 0 aliphatic carbocycles. The van der Waals surface area contributed by atoms with Crippen LogP contribution in [0, 0.1) is 21.8 Å². The summed E-state index contributed by atoms with van der Waals surface area (Å²) in [5, 5.41) is 20.4. The summed E-state index contributed by atoms with van der Waals surface area (Å²) in [6.45, 7) is 5.26. The first-order valence-electron chi connectivity index (χ1n) is 5.53. The normalized spacial score (nSPS) is 14.3. The summed E-state index contributed by atoms with van der Waals surface area (Å²) >= 11 is 0. The van der Waals surface area contributed by atoms with Crippen molar-refractivity contribution in [1.29, 1.82) is 0 Å². The molecule has 6 heteroatoms. The molecule has 18 heavy (non-hydrogen) atoms. The summed E-state index contributed by atoms with van der Waals surface area (Å²) in [7, 11) is 0. The molecule has 0 aromatic heterocycles. The van der Waals surface area contributed by atoms with E-state index in [9.17, 15) is 19.6 Å². The molecule has 1 atom stereocenters. The second-order valence-electron chi connectivity index (χ2n) is 4.67. The van der Waals surface area contributed by atoms with Crippen molar-refractivity contribution in [3.63, 3.8) is 0 Å². The lowest BCUT2D eigenvalue weighted by atomic mass is 9.94. The molecule has 0 spiro atoms. The van der Waals surface area contributed by atoms with E-state index in [4.69, 9.17) is 4.74 Å². The van der Waals surface area contributed by atoms with Crippen molar-refractivity contribution in [1.82, 2.24) is 0 Å². The maximum Gasteiger partial charge on any atom is 0.305 e. The van der Waals surface area contributed by atoms with Crippen LogP contribution >= 0.6 is 0 Å². The molecule has 0 saturated heterocycles. The van der Waals surface area contributed by atoms with E-state index in [1.165, 1.54) is 6.07 Å². The molecular weight excluding hydrogens is 241 g/mol. The minimum atomic E-state index is -1.04.